The highest BCUT2D eigenvalue weighted by Gasteiger charge is 2.43. The molecule has 0 unspecified atom stereocenters. The molecule has 0 aromatic carbocycles. The molecule has 25 heavy (non-hydrogen) atoms. The number of carbonyl (C=O) groups is 1. The fourth-order valence-electron chi connectivity index (χ4n) is 3.47. The van der Waals surface area contributed by atoms with Crippen molar-refractivity contribution in [1.82, 2.24) is 5.32 Å². The highest BCUT2D eigenvalue weighted by Crippen LogP contribution is 2.27. The van der Waals surface area contributed by atoms with Gasteiger partial charge in [-0.15, -0.1) is 0 Å². The van der Waals surface area contributed by atoms with Crippen LogP contribution in [-0.4, -0.2) is 76.8 Å². The number of hydrogen-bond acceptors (Lipinski definition) is 7. The van der Waals surface area contributed by atoms with Crippen LogP contribution in [0.5, 0.6) is 0 Å². The second kappa shape index (κ2) is 10.4. The van der Waals surface area contributed by atoms with Crippen LogP contribution in [0.4, 0.5) is 0 Å². The highest BCUT2D eigenvalue weighted by atomic mass is 16.7. The third-order valence-corrected chi connectivity index (χ3v) is 5.06. The van der Waals surface area contributed by atoms with Gasteiger partial charge in [0.1, 0.15) is 24.4 Å². The number of aliphatic hydroxyl groups is 4. The molecule has 0 bridgehead atoms. The normalized spacial score (nSPS) is 34.0. The summed E-state index contributed by atoms with van der Waals surface area (Å²) in [5.74, 6) is 0.632. The third-order valence-electron chi connectivity index (χ3n) is 5.06. The van der Waals surface area contributed by atoms with Gasteiger partial charge < -0.3 is 35.2 Å². The topological polar surface area (TPSA) is 128 Å². The van der Waals surface area contributed by atoms with Gasteiger partial charge in [-0.25, -0.2) is 0 Å². The van der Waals surface area contributed by atoms with E-state index >= 15 is 0 Å². The SMILES string of the molecule is O=C(CCC1CCCCC1)NCCO[C@H]1O[C@H](CO)[C@H](O)[C@H](O)[C@H]1O. The maximum Gasteiger partial charge on any atom is 0.220 e. The van der Waals surface area contributed by atoms with Crippen LogP contribution < -0.4 is 5.32 Å². The van der Waals surface area contributed by atoms with Crippen molar-refractivity contribution in [1.29, 1.82) is 0 Å². The van der Waals surface area contributed by atoms with Crippen LogP contribution in [0.1, 0.15) is 44.9 Å². The van der Waals surface area contributed by atoms with E-state index in [4.69, 9.17) is 14.6 Å². The smallest absolute Gasteiger partial charge is 0.220 e. The summed E-state index contributed by atoms with van der Waals surface area (Å²) in [5.41, 5.74) is 0. The lowest BCUT2D eigenvalue weighted by atomic mass is 9.86. The Balaban J connectivity index is 1.60. The molecule has 146 valence electrons. The predicted molar refractivity (Wildman–Crippen MR) is 88.5 cm³/mol. The van der Waals surface area contributed by atoms with E-state index in [0.29, 0.717) is 12.3 Å². The summed E-state index contributed by atoms with van der Waals surface area (Å²) in [6.07, 6.45) is 1.25. The van der Waals surface area contributed by atoms with Crippen molar-refractivity contribution in [2.75, 3.05) is 19.8 Å². The molecule has 2 rings (SSSR count). The molecule has 0 aromatic rings. The Bertz CT molecular complexity index is 400. The molecule has 1 saturated heterocycles. The first-order chi connectivity index (χ1) is 12.0. The van der Waals surface area contributed by atoms with E-state index in [9.17, 15) is 20.1 Å². The monoisotopic (exact) mass is 361 g/mol. The van der Waals surface area contributed by atoms with Crippen LogP contribution in [0.15, 0.2) is 0 Å². The maximum atomic E-state index is 11.8. The molecule has 1 aliphatic carbocycles. The minimum Gasteiger partial charge on any atom is -0.394 e. The summed E-state index contributed by atoms with van der Waals surface area (Å²) in [5, 5.41) is 41.0. The number of rotatable bonds is 8. The molecule has 0 spiro atoms. The average molecular weight is 361 g/mol. The molecule has 8 heteroatoms. The number of ether oxygens (including phenoxy) is 2. The number of carbonyl (C=O) groups excluding carboxylic acids is 1. The Labute approximate surface area is 148 Å². The molecule has 5 atom stereocenters. The summed E-state index contributed by atoms with van der Waals surface area (Å²) in [7, 11) is 0. The second-order valence-electron chi connectivity index (χ2n) is 6.96. The number of amides is 1. The van der Waals surface area contributed by atoms with Crippen molar-refractivity contribution in [2.24, 2.45) is 5.92 Å². The van der Waals surface area contributed by atoms with E-state index in [1.54, 1.807) is 0 Å². The summed E-state index contributed by atoms with van der Waals surface area (Å²) >= 11 is 0. The minimum absolute atomic E-state index is 0.0250. The zero-order chi connectivity index (χ0) is 18.2. The zero-order valence-electron chi connectivity index (χ0n) is 14.5. The molecule has 2 aliphatic rings. The van der Waals surface area contributed by atoms with Gasteiger partial charge in [0.2, 0.25) is 5.91 Å². The van der Waals surface area contributed by atoms with Crippen molar-refractivity contribution < 1.29 is 34.7 Å². The maximum absolute atomic E-state index is 11.8. The second-order valence-corrected chi connectivity index (χ2v) is 6.96. The van der Waals surface area contributed by atoms with Crippen LogP contribution in [-0.2, 0) is 14.3 Å². The largest absolute Gasteiger partial charge is 0.394 e. The molecule has 0 aromatic heterocycles. The Morgan fingerprint density at radius 3 is 2.48 bits per heavy atom. The van der Waals surface area contributed by atoms with Crippen LogP contribution in [0.25, 0.3) is 0 Å². The minimum atomic E-state index is -1.46. The first kappa shape index (κ1) is 20.5. The fourth-order valence-corrected chi connectivity index (χ4v) is 3.47. The summed E-state index contributed by atoms with van der Waals surface area (Å²) in [4.78, 5) is 11.8. The highest BCUT2D eigenvalue weighted by molar-refractivity contribution is 5.75. The van der Waals surface area contributed by atoms with E-state index in [1.807, 2.05) is 0 Å². The van der Waals surface area contributed by atoms with E-state index in [1.165, 1.54) is 32.1 Å². The van der Waals surface area contributed by atoms with Gasteiger partial charge in [-0.05, 0) is 12.3 Å². The Hall–Kier alpha value is -0.770. The first-order valence-corrected chi connectivity index (χ1v) is 9.21. The van der Waals surface area contributed by atoms with E-state index in [-0.39, 0.29) is 19.1 Å². The van der Waals surface area contributed by atoms with Gasteiger partial charge >= 0.3 is 0 Å². The molecule has 0 radical (unpaired) electrons. The van der Waals surface area contributed by atoms with Crippen LogP contribution in [0.3, 0.4) is 0 Å². The van der Waals surface area contributed by atoms with Crippen LogP contribution >= 0.6 is 0 Å². The van der Waals surface area contributed by atoms with Crippen molar-refractivity contribution in [3.63, 3.8) is 0 Å². The lowest BCUT2D eigenvalue weighted by Gasteiger charge is -2.39. The van der Waals surface area contributed by atoms with Crippen molar-refractivity contribution in [2.45, 2.75) is 75.7 Å². The Kier molecular flexibility index (Phi) is 8.54. The van der Waals surface area contributed by atoms with Crippen molar-refractivity contribution in [3.8, 4) is 0 Å². The summed E-state index contributed by atoms with van der Waals surface area (Å²) in [6.45, 7) is -0.140. The van der Waals surface area contributed by atoms with Gasteiger partial charge in [-0.1, -0.05) is 32.1 Å². The van der Waals surface area contributed by atoms with E-state index in [0.717, 1.165) is 6.42 Å². The number of aliphatic hydroxyl groups excluding tert-OH is 4. The lowest BCUT2D eigenvalue weighted by molar-refractivity contribution is -0.300. The molecule has 1 amide bonds. The van der Waals surface area contributed by atoms with Gasteiger partial charge in [0.15, 0.2) is 6.29 Å². The van der Waals surface area contributed by atoms with E-state index in [2.05, 4.69) is 5.32 Å². The first-order valence-electron chi connectivity index (χ1n) is 9.21. The van der Waals surface area contributed by atoms with Crippen LogP contribution in [0, 0.1) is 5.92 Å². The Morgan fingerprint density at radius 2 is 1.80 bits per heavy atom. The molecule has 8 nitrogen and oxygen atoms in total. The zero-order valence-corrected chi connectivity index (χ0v) is 14.5. The van der Waals surface area contributed by atoms with Gasteiger partial charge in [-0.3, -0.25) is 4.79 Å². The van der Waals surface area contributed by atoms with Crippen molar-refractivity contribution in [3.05, 3.63) is 0 Å². The van der Waals surface area contributed by atoms with Gasteiger partial charge in [0.25, 0.3) is 0 Å². The molecule has 2 fully saturated rings. The quantitative estimate of drug-likeness (QED) is 0.361. The molecular formula is C17H31NO7. The van der Waals surface area contributed by atoms with E-state index < -0.39 is 37.3 Å². The number of hydrogen-bond donors (Lipinski definition) is 5. The Morgan fingerprint density at radius 1 is 1.08 bits per heavy atom. The third kappa shape index (κ3) is 6.16. The molecule has 1 saturated carbocycles. The van der Waals surface area contributed by atoms with Crippen LogP contribution in [0.2, 0.25) is 0 Å². The fraction of sp³-hybridized carbons (Fsp3) is 0.941. The molecule has 1 heterocycles. The summed E-state index contributed by atoms with van der Waals surface area (Å²) < 4.78 is 10.5. The van der Waals surface area contributed by atoms with Gasteiger partial charge in [0.05, 0.1) is 13.2 Å². The predicted octanol–water partition coefficient (Wildman–Crippen LogP) is -0.720. The molecule has 5 N–H and O–H groups in total. The van der Waals surface area contributed by atoms with Gasteiger partial charge in [-0.2, -0.15) is 0 Å². The molecule has 1 aliphatic heterocycles. The summed E-state index contributed by atoms with van der Waals surface area (Å²) in [6, 6.07) is 0. The molecular weight excluding hydrogens is 330 g/mol. The van der Waals surface area contributed by atoms with Gasteiger partial charge in [0, 0.05) is 13.0 Å². The average Bonchev–Trinajstić information content (AvgIpc) is 2.64. The standard InChI is InChI=1S/C17H31NO7/c19-10-12-14(21)15(22)16(23)17(25-12)24-9-8-18-13(20)7-6-11-4-2-1-3-5-11/h11-12,14-17,19,21-23H,1-10H2,(H,18,20)/t12-,14+,15+,16-,17+/m1/s1. The lowest BCUT2D eigenvalue weighted by Crippen LogP contribution is -2.59. The van der Waals surface area contributed by atoms with Crippen molar-refractivity contribution >= 4 is 5.91 Å². The number of nitrogens with one attached hydrogen (secondary N) is 1.